The first-order valence-corrected chi connectivity index (χ1v) is 10.7. The van der Waals surface area contributed by atoms with Crippen LogP contribution in [0.25, 0.3) is 0 Å². The lowest BCUT2D eigenvalue weighted by atomic mass is 10.0. The Labute approximate surface area is 178 Å². The van der Waals surface area contributed by atoms with E-state index in [1.165, 1.54) is 0 Å². The third-order valence-electron chi connectivity index (χ3n) is 5.51. The highest BCUT2D eigenvalue weighted by molar-refractivity contribution is 6.00. The van der Waals surface area contributed by atoms with Crippen molar-refractivity contribution in [3.8, 4) is 0 Å². The Balaban J connectivity index is 1.51. The summed E-state index contributed by atoms with van der Waals surface area (Å²) in [6.07, 6.45) is 2.13. The van der Waals surface area contributed by atoms with E-state index in [0.717, 1.165) is 43.6 Å². The fraction of sp³-hybridized carbons (Fsp3) is 0.417. The molecule has 6 heteroatoms. The summed E-state index contributed by atoms with van der Waals surface area (Å²) in [6.45, 7) is 5.88. The molecular weight excluding hydrogens is 378 g/mol. The van der Waals surface area contributed by atoms with Crippen LogP contribution in [0.2, 0.25) is 0 Å². The molecule has 30 heavy (non-hydrogen) atoms. The molecule has 2 aromatic rings. The molecule has 2 aromatic carbocycles. The average Bonchev–Trinajstić information content (AvgIpc) is 2.79. The van der Waals surface area contributed by atoms with Crippen LogP contribution in [0.15, 0.2) is 54.6 Å². The molecule has 1 heterocycles. The van der Waals surface area contributed by atoms with E-state index < -0.39 is 0 Å². The number of hydrogen-bond donors (Lipinski definition) is 2. The molecule has 0 aromatic heterocycles. The normalized spacial score (nSPS) is 15.3. The van der Waals surface area contributed by atoms with E-state index in [9.17, 15) is 9.59 Å². The maximum atomic E-state index is 12.7. The number of carbonyl (C=O) groups is 2. The average molecular weight is 410 g/mol. The predicted molar refractivity (Wildman–Crippen MR) is 119 cm³/mol. The molecule has 1 aliphatic heterocycles. The molecule has 2 N–H and O–H groups in total. The monoisotopic (exact) mass is 409 g/mol. The van der Waals surface area contributed by atoms with Gasteiger partial charge in [-0.15, -0.1) is 0 Å². The molecule has 1 aliphatic rings. The molecule has 0 radical (unpaired) electrons. The third kappa shape index (κ3) is 5.99. The van der Waals surface area contributed by atoms with Crippen LogP contribution >= 0.6 is 0 Å². The lowest BCUT2D eigenvalue weighted by Gasteiger charge is -2.34. The smallest absolute Gasteiger partial charge is 0.407 e. The molecule has 0 saturated carbocycles. The first-order valence-electron chi connectivity index (χ1n) is 10.7. The fourth-order valence-corrected chi connectivity index (χ4v) is 3.54. The number of ether oxygens (including phenoxy) is 1. The van der Waals surface area contributed by atoms with Gasteiger partial charge in [0.2, 0.25) is 0 Å². The number of benzene rings is 2. The van der Waals surface area contributed by atoms with Gasteiger partial charge in [-0.3, -0.25) is 4.79 Å². The standard InChI is InChI=1S/C24H31N3O3/c1-3-18(2)25-23(28)21-11-7-8-12-22(21)27-15-13-20(14-16-27)26-24(29)30-17-19-9-5-4-6-10-19/h4-12,18,20H,3,13-17H2,1-2H3,(H,25,28)(H,26,29)/t18-/m1/s1. The van der Waals surface area contributed by atoms with Crippen LogP contribution in [0.5, 0.6) is 0 Å². The predicted octanol–water partition coefficient (Wildman–Crippen LogP) is 4.11. The fourth-order valence-electron chi connectivity index (χ4n) is 3.54. The van der Waals surface area contributed by atoms with Crippen molar-refractivity contribution in [1.82, 2.24) is 10.6 Å². The second-order valence-corrected chi connectivity index (χ2v) is 7.77. The van der Waals surface area contributed by atoms with E-state index in [4.69, 9.17) is 4.74 Å². The maximum Gasteiger partial charge on any atom is 0.407 e. The number of para-hydroxylation sites is 1. The van der Waals surface area contributed by atoms with Crippen LogP contribution in [-0.4, -0.2) is 37.2 Å². The summed E-state index contributed by atoms with van der Waals surface area (Å²) < 4.78 is 5.32. The molecule has 1 fully saturated rings. The number of hydrogen-bond acceptors (Lipinski definition) is 4. The minimum Gasteiger partial charge on any atom is -0.445 e. The second-order valence-electron chi connectivity index (χ2n) is 7.77. The Morgan fingerprint density at radius 3 is 2.43 bits per heavy atom. The Kier molecular flexibility index (Phi) is 7.71. The largest absolute Gasteiger partial charge is 0.445 e. The highest BCUT2D eigenvalue weighted by Gasteiger charge is 2.24. The van der Waals surface area contributed by atoms with Gasteiger partial charge in [-0.2, -0.15) is 0 Å². The maximum absolute atomic E-state index is 12.7. The van der Waals surface area contributed by atoms with Crippen molar-refractivity contribution in [2.75, 3.05) is 18.0 Å². The van der Waals surface area contributed by atoms with Crippen molar-refractivity contribution in [2.45, 2.75) is 51.8 Å². The summed E-state index contributed by atoms with van der Waals surface area (Å²) in [5.41, 5.74) is 2.62. The van der Waals surface area contributed by atoms with E-state index in [1.54, 1.807) is 0 Å². The number of alkyl carbamates (subject to hydrolysis) is 1. The summed E-state index contributed by atoms with van der Waals surface area (Å²) in [7, 11) is 0. The minimum atomic E-state index is -0.384. The van der Waals surface area contributed by atoms with Crippen molar-refractivity contribution in [3.63, 3.8) is 0 Å². The van der Waals surface area contributed by atoms with E-state index in [2.05, 4.69) is 22.5 Å². The summed E-state index contributed by atoms with van der Waals surface area (Å²) >= 11 is 0. The van der Waals surface area contributed by atoms with E-state index >= 15 is 0 Å². The number of anilines is 1. The van der Waals surface area contributed by atoms with Gasteiger partial charge in [-0.1, -0.05) is 49.4 Å². The zero-order chi connectivity index (χ0) is 21.3. The number of carbonyl (C=O) groups excluding carboxylic acids is 2. The lowest BCUT2D eigenvalue weighted by Crippen LogP contribution is -2.45. The highest BCUT2D eigenvalue weighted by Crippen LogP contribution is 2.24. The molecule has 0 aliphatic carbocycles. The quantitative estimate of drug-likeness (QED) is 0.722. The Morgan fingerprint density at radius 2 is 1.73 bits per heavy atom. The SMILES string of the molecule is CC[C@@H](C)NC(=O)c1ccccc1N1CCC(NC(=O)OCc2ccccc2)CC1. The number of piperidine rings is 1. The topological polar surface area (TPSA) is 70.7 Å². The first kappa shape index (κ1) is 21.7. The van der Waals surface area contributed by atoms with Crippen molar-refractivity contribution in [1.29, 1.82) is 0 Å². The van der Waals surface area contributed by atoms with Crippen LogP contribution in [0.1, 0.15) is 49.0 Å². The summed E-state index contributed by atoms with van der Waals surface area (Å²) in [4.78, 5) is 27.0. The summed E-state index contributed by atoms with van der Waals surface area (Å²) in [5.74, 6) is -0.0373. The van der Waals surface area contributed by atoms with Gasteiger partial charge in [-0.25, -0.2) is 4.79 Å². The van der Waals surface area contributed by atoms with Crippen LogP contribution in [0.4, 0.5) is 10.5 Å². The minimum absolute atomic E-state index is 0.0373. The van der Waals surface area contributed by atoms with E-state index in [0.29, 0.717) is 5.56 Å². The molecule has 2 amide bonds. The number of amides is 2. The zero-order valence-corrected chi connectivity index (χ0v) is 17.8. The van der Waals surface area contributed by atoms with Crippen molar-refractivity contribution in [2.24, 2.45) is 0 Å². The molecule has 1 atom stereocenters. The van der Waals surface area contributed by atoms with Crippen molar-refractivity contribution >= 4 is 17.7 Å². The van der Waals surface area contributed by atoms with Gasteiger partial charge in [0.25, 0.3) is 5.91 Å². The van der Waals surface area contributed by atoms with Crippen LogP contribution in [-0.2, 0) is 11.3 Å². The number of rotatable bonds is 7. The molecule has 3 rings (SSSR count). The zero-order valence-electron chi connectivity index (χ0n) is 17.8. The van der Waals surface area contributed by atoms with Gasteiger partial charge in [0, 0.05) is 30.9 Å². The molecular formula is C24H31N3O3. The van der Waals surface area contributed by atoms with Crippen molar-refractivity contribution in [3.05, 3.63) is 65.7 Å². The van der Waals surface area contributed by atoms with Gasteiger partial charge in [-0.05, 0) is 43.9 Å². The molecule has 0 bridgehead atoms. The van der Waals surface area contributed by atoms with Crippen molar-refractivity contribution < 1.29 is 14.3 Å². The van der Waals surface area contributed by atoms with Gasteiger partial charge in [0.05, 0.1) is 5.56 Å². The summed E-state index contributed by atoms with van der Waals surface area (Å²) in [6, 6.07) is 17.6. The Hall–Kier alpha value is -3.02. The van der Waals surface area contributed by atoms with Gasteiger partial charge < -0.3 is 20.3 Å². The molecule has 160 valence electrons. The second kappa shape index (κ2) is 10.7. The van der Waals surface area contributed by atoms with Crippen LogP contribution in [0.3, 0.4) is 0 Å². The Morgan fingerprint density at radius 1 is 1.07 bits per heavy atom. The van der Waals surface area contributed by atoms with Gasteiger partial charge >= 0.3 is 6.09 Å². The Bertz CT molecular complexity index is 833. The molecule has 0 spiro atoms. The van der Waals surface area contributed by atoms with E-state index in [-0.39, 0.29) is 30.7 Å². The molecule has 6 nitrogen and oxygen atoms in total. The highest BCUT2D eigenvalue weighted by atomic mass is 16.5. The third-order valence-corrected chi connectivity index (χ3v) is 5.51. The summed E-state index contributed by atoms with van der Waals surface area (Å²) in [5, 5.41) is 6.01. The van der Waals surface area contributed by atoms with Crippen LogP contribution in [0, 0.1) is 0 Å². The molecule has 1 saturated heterocycles. The first-order chi connectivity index (χ1) is 14.6. The van der Waals surface area contributed by atoms with Crippen LogP contribution < -0.4 is 15.5 Å². The number of nitrogens with zero attached hydrogens (tertiary/aromatic N) is 1. The van der Waals surface area contributed by atoms with E-state index in [1.807, 2.05) is 61.5 Å². The van der Waals surface area contributed by atoms with Gasteiger partial charge in [0.1, 0.15) is 6.61 Å². The molecule has 0 unspecified atom stereocenters. The van der Waals surface area contributed by atoms with Gasteiger partial charge in [0.15, 0.2) is 0 Å². The number of nitrogens with one attached hydrogen (secondary N) is 2. The lowest BCUT2D eigenvalue weighted by molar-refractivity contribution is 0.0939.